The van der Waals surface area contributed by atoms with E-state index in [0.29, 0.717) is 22.4 Å². The molecule has 0 N–H and O–H groups in total. The van der Waals surface area contributed by atoms with Gasteiger partial charge in [-0.05, 0) is 31.5 Å². The van der Waals surface area contributed by atoms with Crippen LogP contribution in [0.3, 0.4) is 0 Å². The van der Waals surface area contributed by atoms with Gasteiger partial charge in [0.2, 0.25) is 0 Å². The lowest BCUT2D eigenvalue weighted by Crippen LogP contribution is -2.39. The second kappa shape index (κ2) is 9.21. The summed E-state index contributed by atoms with van der Waals surface area (Å²) >= 11 is 7.79. The first kappa shape index (κ1) is 20.3. The van der Waals surface area contributed by atoms with E-state index in [1.807, 2.05) is 31.3 Å². The Bertz CT molecular complexity index is 982. The Hall–Kier alpha value is -2.00. The van der Waals surface area contributed by atoms with E-state index in [9.17, 15) is 4.79 Å². The number of carbonyl (C=O) groups excluding carboxylic acids is 1. The maximum atomic E-state index is 13.3. The van der Waals surface area contributed by atoms with Crippen LogP contribution < -0.4 is 4.90 Å². The van der Waals surface area contributed by atoms with Crippen molar-refractivity contribution in [3.8, 4) is 0 Å². The first-order valence-corrected chi connectivity index (χ1v) is 11.1. The Balaban J connectivity index is 1.56. The topological polar surface area (TPSA) is 63.5 Å². The molecular weight excluding hydrogens is 410 g/mol. The molecule has 0 atom stereocenters. The molecule has 0 unspecified atom stereocenters. The molecule has 9 heteroatoms. The van der Waals surface area contributed by atoms with Gasteiger partial charge < -0.3 is 4.74 Å². The zero-order valence-electron chi connectivity index (χ0n) is 16.4. The fraction of sp³-hybridized carbons (Fsp3) is 0.450. The molecule has 1 amide bonds. The summed E-state index contributed by atoms with van der Waals surface area (Å²) in [5.74, 6) is -0.130. The number of amides is 1. The summed E-state index contributed by atoms with van der Waals surface area (Å²) in [4.78, 5) is 22.1. The highest BCUT2D eigenvalue weighted by atomic mass is 35.5. The molecule has 1 saturated heterocycles. The molecule has 0 saturated carbocycles. The van der Waals surface area contributed by atoms with E-state index in [0.717, 1.165) is 56.0 Å². The van der Waals surface area contributed by atoms with Crippen molar-refractivity contribution in [2.75, 3.05) is 44.3 Å². The lowest BCUT2D eigenvalue weighted by molar-refractivity contribution is 0.0376. The van der Waals surface area contributed by atoms with Crippen molar-refractivity contribution in [2.45, 2.75) is 19.9 Å². The SMILES string of the molecule is CCn1ccc(C(=O)N(CCCN2CCOCC2)c2nc3c(Cl)cccc3s2)n1. The number of rotatable bonds is 7. The predicted octanol–water partition coefficient (Wildman–Crippen LogP) is 3.54. The van der Waals surface area contributed by atoms with Gasteiger partial charge in [0.25, 0.3) is 5.91 Å². The number of fused-ring (bicyclic) bond motifs is 1. The summed E-state index contributed by atoms with van der Waals surface area (Å²) in [6.45, 7) is 7.63. The molecule has 0 bridgehead atoms. The Morgan fingerprint density at radius 1 is 1.31 bits per heavy atom. The molecule has 0 radical (unpaired) electrons. The highest BCUT2D eigenvalue weighted by molar-refractivity contribution is 7.22. The maximum absolute atomic E-state index is 13.3. The molecule has 7 nitrogen and oxygen atoms in total. The third-order valence-corrected chi connectivity index (χ3v) is 6.33. The number of benzene rings is 1. The zero-order valence-corrected chi connectivity index (χ0v) is 18.0. The van der Waals surface area contributed by atoms with Crippen molar-refractivity contribution in [1.29, 1.82) is 0 Å². The van der Waals surface area contributed by atoms with Gasteiger partial charge in [-0.15, -0.1) is 0 Å². The van der Waals surface area contributed by atoms with Gasteiger partial charge in [-0.3, -0.25) is 19.3 Å². The van der Waals surface area contributed by atoms with Crippen LogP contribution in [0.25, 0.3) is 10.2 Å². The number of nitrogens with zero attached hydrogens (tertiary/aromatic N) is 5. The Kier molecular flexibility index (Phi) is 6.44. The second-order valence-electron chi connectivity index (χ2n) is 6.90. The molecule has 1 fully saturated rings. The average molecular weight is 434 g/mol. The minimum absolute atomic E-state index is 0.130. The van der Waals surface area contributed by atoms with E-state index >= 15 is 0 Å². The number of aromatic nitrogens is 3. The van der Waals surface area contributed by atoms with Gasteiger partial charge >= 0.3 is 0 Å². The number of morpholine rings is 1. The largest absolute Gasteiger partial charge is 0.379 e. The second-order valence-corrected chi connectivity index (χ2v) is 8.32. The molecule has 3 heterocycles. The van der Waals surface area contributed by atoms with Crippen molar-refractivity contribution in [2.24, 2.45) is 0 Å². The van der Waals surface area contributed by atoms with E-state index in [2.05, 4.69) is 15.0 Å². The van der Waals surface area contributed by atoms with Crippen LogP contribution in [0.4, 0.5) is 5.13 Å². The standard InChI is InChI=1S/C20H24ClN5O2S/c1-2-25-10-7-16(23-25)19(27)26(9-4-8-24-11-13-28-14-12-24)20-22-18-15(21)5-3-6-17(18)29-20/h3,5-7,10H,2,4,8-9,11-14H2,1H3. The molecule has 0 spiro atoms. The summed E-state index contributed by atoms with van der Waals surface area (Å²) in [6, 6.07) is 7.46. The van der Waals surface area contributed by atoms with Crippen molar-refractivity contribution in [1.82, 2.24) is 19.7 Å². The molecule has 4 rings (SSSR count). The van der Waals surface area contributed by atoms with Crippen LogP contribution in [0, 0.1) is 0 Å². The zero-order chi connectivity index (χ0) is 20.2. The molecule has 1 aromatic carbocycles. The van der Waals surface area contributed by atoms with Crippen LogP contribution in [-0.4, -0.2) is 65.0 Å². The third-order valence-electron chi connectivity index (χ3n) is 4.98. The van der Waals surface area contributed by atoms with Gasteiger partial charge in [0.05, 0.1) is 22.9 Å². The lowest BCUT2D eigenvalue weighted by atomic mass is 10.3. The summed E-state index contributed by atoms with van der Waals surface area (Å²) in [5, 5.41) is 5.65. The van der Waals surface area contributed by atoms with Crippen molar-refractivity contribution >= 4 is 44.2 Å². The van der Waals surface area contributed by atoms with Crippen LogP contribution in [0.1, 0.15) is 23.8 Å². The Morgan fingerprint density at radius 2 is 2.14 bits per heavy atom. The van der Waals surface area contributed by atoms with Gasteiger partial charge in [0.15, 0.2) is 10.8 Å². The molecule has 0 aliphatic carbocycles. The number of para-hydroxylation sites is 1. The number of anilines is 1. The Labute approximate surface area is 178 Å². The first-order valence-electron chi connectivity index (χ1n) is 9.86. The number of halogens is 1. The Morgan fingerprint density at radius 3 is 2.86 bits per heavy atom. The van der Waals surface area contributed by atoms with Crippen LogP contribution in [0.2, 0.25) is 5.02 Å². The van der Waals surface area contributed by atoms with Gasteiger partial charge in [0.1, 0.15) is 5.52 Å². The van der Waals surface area contributed by atoms with Gasteiger partial charge in [-0.25, -0.2) is 4.98 Å². The van der Waals surface area contributed by atoms with E-state index < -0.39 is 0 Å². The molecular formula is C20H24ClN5O2S. The minimum Gasteiger partial charge on any atom is -0.379 e. The van der Waals surface area contributed by atoms with Crippen LogP contribution >= 0.6 is 22.9 Å². The highest BCUT2D eigenvalue weighted by Gasteiger charge is 2.24. The molecule has 3 aromatic rings. The summed E-state index contributed by atoms with van der Waals surface area (Å²) in [6.07, 6.45) is 2.68. The fourth-order valence-corrected chi connectivity index (χ4v) is 4.66. The quantitative estimate of drug-likeness (QED) is 0.570. The monoisotopic (exact) mass is 433 g/mol. The summed E-state index contributed by atoms with van der Waals surface area (Å²) < 4.78 is 8.14. The highest BCUT2D eigenvalue weighted by Crippen LogP contribution is 2.33. The van der Waals surface area contributed by atoms with Gasteiger partial charge in [0, 0.05) is 38.9 Å². The lowest BCUT2D eigenvalue weighted by Gasteiger charge is -2.27. The molecule has 154 valence electrons. The molecule has 2 aromatic heterocycles. The molecule has 29 heavy (non-hydrogen) atoms. The van der Waals surface area contributed by atoms with Crippen molar-refractivity contribution in [3.05, 3.63) is 41.2 Å². The van der Waals surface area contributed by atoms with Crippen LogP contribution in [0.5, 0.6) is 0 Å². The number of ether oxygens (including phenoxy) is 1. The van der Waals surface area contributed by atoms with Crippen LogP contribution in [0.15, 0.2) is 30.5 Å². The normalized spacial score (nSPS) is 15.1. The predicted molar refractivity (Wildman–Crippen MR) is 116 cm³/mol. The summed E-state index contributed by atoms with van der Waals surface area (Å²) in [7, 11) is 0. The molecule has 1 aliphatic rings. The van der Waals surface area contributed by atoms with Crippen molar-refractivity contribution in [3.63, 3.8) is 0 Å². The van der Waals surface area contributed by atoms with Crippen LogP contribution in [-0.2, 0) is 11.3 Å². The van der Waals surface area contributed by atoms with Crippen molar-refractivity contribution < 1.29 is 9.53 Å². The smallest absolute Gasteiger partial charge is 0.280 e. The van der Waals surface area contributed by atoms with E-state index in [-0.39, 0.29) is 5.91 Å². The van der Waals surface area contributed by atoms with Gasteiger partial charge in [-0.2, -0.15) is 5.10 Å². The fourth-order valence-electron chi connectivity index (χ4n) is 3.37. The minimum atomic E-state index is -0.130. The summed E-state index contributed by atoms with van der Waals surface area (Å²) in [5.41, 5.74) is 1.17. The number of thiazole rings is 1. The number of carbonyl (C=O) groups is 1. The first-order chi connectivity index (χ1) is 14.2. The number of hydrogen-bond acceptors (Lipinski definition) is 6. The van der Waals surface area contributed by atoms with E-state index in [4.69, 9.17) is 16.3 Å². The maximum Gasteiger partial charge on any atom is 0.280 e. The number of hydrogen-bond donors (Lipinski definition) is 0. The number of aryl methyl sites for hydroxylation is 1. The average Bonchev–Trinajstić information content (AvgIpc) is 3.39. The van der Waals surface area contributed by atoms with E-state index in [1.165, 1.54) is 11.3 Å². The third kappa shape index (κ3) is 4.61. The van der Waals surface area contributed by atoms with E-state index in [1.54, 1.807) is 15.6 Å². The molecule has 1 aliphatic heterocycles. The van der Waals surface area contributed by atoms with Gasteiger partial charge in [-0.1, -0.05) is 29.0 Å².